The molecule has 5 nitrogen and oxygen atoms in total. The molecule has 5 heteroatoms. The van der Waals surface area contributed by atoms with Crippen molar-refractivity contribution < 1.29 is 9.21 Å². The van der Waals surface area contributed by atoms with E-state index in [0.717, 1.165) is 11.3 Å². The minimum Gasteiger partial charge on any atom is -0.460 e. The molecular weight excluding hydrogens is 206 g/mol. The number of amides is 2. The van der Waals surface area contributed by atoms with E-state index in [1.807, 2.05) is 13.0 Å². The van der Waals surface area contributed by atoms with E-state index >= 15 is 0 Å². The normalized spacial score (nSPS) is 11.9. The average Bonchev–Trinajstić information content (AvgIpc) is 2.56. The van der Waals surface area contributed by atoms with Crippen molar-refractivity contribution in [3.8, 4) is 0 Å². The number of carbonyl (C=O) groups is 1. The molecule has 88 valence electrons. The van der Waals surface area contributed by atoms with Gasteiger partial charge in [0, 0.05) is 5.56 Å². The van der Waals surface area contributed by atoms with E-state index in [2.05, 4.69) is 24.4 Å². The molecule has 1 aromatic heterocycles. The van der Waals surface area contributed by atoms with Crippen LogP contribution in [0.3, 0.4) is 0 Å². The van der Waals surface area contributed by atoms with Crippen LogP contribution in [0.15, 0.2) is 15.6 Å². The van der Waals surface area contributed by atoms with Gasteiger partial charge in [0.25, 0.3) is 0 Å². The van der Waals surface area contributed by atoms with Crippen LogP contribution in [0.5, 0.6) is 0 Å². The monoisotopic (exact) mass is 223 g/mol. The third-order valence-corrected chi connectivity index (χ3v) is 2.17. The zero-order valence-corrected chi connectivity index (χ0v) is 10.00. The Bertz CT molecular complexity index is 419. The average molecular weight is 223 g/mol. The summed E-state index contributed by atoms with van der Waals surface area (Å²) in [6.07, 6.45) is 0. The fourth-order valence-electron chi connectivity index (χ4n) is 1.44. The second-order valence-electron chi connectivity index (χ2n) is 3.97. The minimum absolute atomic E-state index is 0.339. The van der Waals surface area contributed by atoms with Gasteiger partial charge < -0.3 is 10.2 Å². The Morgan fingerprint density at radius 2 is 2.19 bits per heavy atom. The van der Waals surface area contributed by atoms with Gasteiger partial charge in [-0.15, -0.1) is 0 Å². The number of nitrogens with one attached hydrogen (secondary N) is 1. The van der Waals surface area contributed by atoms with Crippen molar-refractivity contribution >= 4 is 11.7 Å². The molecule has 16 heavy (non-hydrogen) atoms. The maximum absolute atomic E-state index is 10.5. The number of primary amides is 1. The number of furan rings is 1. The molecule has 1 rings (SSSR count). The van der Waals surface area contributed by atoms with Gasteiger partial charge in [0.15, 0.2) is 5.76 Å². The van der Waals surface area contributed by atoms with Crippen LogP contribution < -0.4 is 11.2 Å². The lowest BCUT2D eigenvalue weighted by atomic mass is 10.0. The lowest BCUT2D eigenvalue weighted by Crippen LogP contribution is -2.25. The summed E-state index contributed by atoms with van der Waals surface area (Å²) in [4.78, 5) is 10.5. The number of hydrogen-bond acceptors (Lipinski definition) is 3. The molecule has 3 N–H and O–H groups in total. The topological polar surface area (TPSA) is 80.6 Å². The lowest BCUT2D eigenvalue weighted by Gasteiger charge is -2.04. The van der Waals surface area contributed by atoms with Crippen LogP contribution in [-0.2, 0) is 0 Å². The molecule has 0 aliphatic rings. The molecule has 0 saturated carbocycles. The Hall–Kier alpha value is -1.78. The van der Waals surface area contributed by atoms with Crippen molar-refractivity contribution in [2.24, 2.45) is 10.8 Å². The van der Waals surface area contributed by atoms with Crippen LogP contribution in [0.2, 0.25) is 0 Å². The van der Waals surface area contributed by atoms with Crippen molar-refractivity contribution in [2.45, 2.75) is 33.6 Å². The number of urea groups is 1. The molecule has 0 spiro atoms. The predicted octanol–water partition coefficient (Wildman–Crippen LogP) is 2.10. The first-order valence-electron chi connectivity index (χ1n) is 5.12. The van der Waals surface area contributed by atoms with E-state index in [1.54, 1.807) is 6.92 Å². The van der Waals surface area contributed by atoms with E-state index < -0.39 is 6.03 Å². The highest BCUT2D eigenvalue weighted by atomic mass is 16.3. The van der Waals surface area contributed by atoms with Gasteiger partial charge in [-0.2, -0.15) is 5.10 Å². The number of aryl methyl sites for hydroxylation is 1. The molecule has 0 radical (unpaired) electrons. The second-order valence-corrected chi connectivity index (χ2v) is 3.97. The van der Waals surface area contributed by atoms with Crippen molar-refractivity contribution in [1.29, 1.82) is 0 Å². The van der Waals surface area contributed by atoms with Crippen LogP contribution in [-0.4, -0.2) is 11.7 Å². The summed E-state index contributed by atoms with van der Waals surface area (Å²) in [5.41, 5.74) is 8.80. The Morgan fingerprint density at radius 1 is 1.56 bits per heavy atom. The summed E-state index contributed by atoms with van der Waals surface area (Å²) in [6, 6.07) is 1.29. The van der Waals surface area contributed by atoms with Gasteiger partial charge in [0.2, 0.25) is 0 Å². The van der Waals surface area contributed by atoms with Gasteiger partial charge in [0.05, 0.1) is 0 Å². The molecule has 0 aliphatic heterocycles. The first kappa shape index (κ1) is 12.3. The molecule has 0 fully saturated rings. The van der Waals surface area contributed by atoms with Gasteiger partial charge in [-0.05, 0) is 25.8 Å². The molecular formula is C11H17N3O2. The number of hydrogen-bond donors (Lipinski definition) is 2. The van der Waals surface area contributed by atoms with Gasteiger partial charge >= 0.3 is 6.03 Å². The molecule has 0 bridgehead atoms. The molecule has 0 aliphatic carbocycles. The van der Waals surface area contributed by atoms with E-state index in [-0.39, 0.29) is 0 Å². The number of nitrogens with two attached hydrogens (primary N) is 1. The highest BCUT2D eigenvalue weighted by molar-refractivity contribution is 5.98. The Labute approximate surface area is 94.7 Å². The predicted molar refractivity (Wildman–Crippen MR) is 62.5 cm³/mol. The molecule has 1 heterocycles. The Kier molecular flexibility index (Phi) is 3.71. The van der Waals surface area contributed by atoms with Gasteiger partial charge in [-0.25, -0.2) is 10.2 Å². The summed E-state index contributed by atoms with van der Waals surface area (Å²) in [5.74, 6) is 1.86. The standard InChI is InChI=1S/C11H17N3O2/c1-6(2)9-5-7(3)16-10(9)8(4)13-14-11(12)15/h5-6H,1-4H3,(H3,12,14,15). The van der Waals surface area contributed by atoms with Crippen LogP contribution in [0.1, 0.15) is 43.8 Å². The first-order chi connectivity index (χ1) is 7.41. The van der Waals surface area contributed by atoms with Gasteiger partial charge in [-0.1, -0.05) is 13.8 Å². The van der Waals surface area contributed by atoms with E-state index in [1.165, 1.54) is 0 Å². The summed E-state index contributed by atoms with van der Waals surface area (Å²) >= 11 is 0. The van der Waals surface area contributed by atoms with E-state index in [4.69, 9.17) is 10.2 Å². The highest BCUT2D eigenvalue weighted by Crippen LogP contribution is 2.23. The van der Waals surface area contributed by atoms with Gasteiger partial charge in [-0.3, -0.25) is 0 Å². The summed E-state index contributed by atoms with van der Waals surface area (Å²) in [6.45, 7) is 7.79. The van der Waals surface area contributed by atoms with Crippen molar-refractivity contribution in [2.75, 3.05) is 0 Å². The molecule has 2 amide bonds. The second kappa shape index (κ2) is 4.83. The van der Waals surface area contributed by atoms with Crippen LogP contribution in [0, 0.1) is 6.92 Å². The van der Waals surface area contributed by atoms with Crippen molar-refractivity contribution in [3.05, 3.63) is 23.2 Å². The Balaban J connectivity index is 3.02. The highest BCUT2D eigenvalue weighted by Gasteiger charge is 2.14. The zero-order valence-electron chi connectivity index (χ0n) is 10.00. The van der Waals surface area contributed by atoms with Crippen molar-refractivity contribution in [1.82, 2.24) is 5.43 Å². The number of carbonyl (C=O) groups excluding carboxylic acids is 1. The van der Waals surface area contributed by atoms with Crippen molar-refractivity contribution in [3.63, 3.8) is 0 Å². The molecule has 0 atom stereocenters. The first-order valence-corrected chi connectivity index (χ1v) is 5.12. The maximum Gasteiger partial charge on any atom is 0.332 e. The number of nitrogens with zero attached hydrogens (tertiary/aromatic N) is 1. The fourth-order valence-corrected chi connectivity index (χ4v) is 1.44. The summed E-state index contributed by atoms with van der Waals surface area (Å²) in [7, 11) is 0. The SMILES string of the molecule is CC(=NNC(N)=O)c1oc(C)cc1C(C)C. The van der Waals surface area contributed by atoms with E-state index in [9.17, 15) is 4.79 Å². The summed E-state index contributed by atoms with van der Waals surface area (Å²) < 4.78 is 5.55. The third kappa shape index (κ3) is 2.85. The maximum atomic E-state index is 10.5. The smallest absolute Gasteiger partial charge is 0.332 e. The largest absolute Gasteiger partial charge is 0.460 e. The molecule has 1 aromatic rings. The van der Waals surface area contributed by atoms with Gasteiger partial charge in [0.1, 0.15) is 11.5 Å². The molecule has 0 unspecified atom stereocenters. The van der Waals surface area contributed by atoms with Crippen LogP contribution >= 0.6 is 0 Å². The van der Waals surface area contributed by atoms with E-state index in [0.29, 0.717) is 17.4 Å². The summed E-state index contributed by atoms with van der Waals surface area (Å²) in [5, 5.41) is 3.85. The zero-order chi connectivity index (χ0) is 12.3. The molecule has 0 aromatic carbocycles. The number of hydrazone groups is 1. The van der Waals surface area contributed by atoms with Crippen LogP contribution in [0.4, 0.5) is 4.79 Å². The minimum atomic E-state index is -0.686. The number of rotatable bonds is 3. The Morgan fingerprint density at radius 3 is 2.69 bits per heavy atom. The molecule has 0 saturated heterocycles. The lowest BCUT2D eigenvalue weighted by molar-refractivity contribution is 0.249. The third-order valence-electron chi connectivity index (χ3n) is 2.17. The van der Waals surface area contributed by atoms with Crippen LogP contribution in [0.25, 0.3) is 0 Å². The quantitative estimate of drug-likeness (QED) is 0.607. The fraction of sp³-hybridized carbons (Fsp3) is 0.455.